The van der Waals surface area contributed by atoms with Gasteiger partial charge in [0.1, 0.15) is 6.10 Å². The van der Waals surface area contributed by atoms with Crippen LogP contribution in [0.25, 0.3) is 0 Å². The third-order valence-corrected chi connectivity index (χ3v) is 2.48. The Bertz CT molecular complexity index is 166. The molecular formula is C12H24O3. The zero-order chi connectivity index (χ0) is 11.7. The van der Waals surface area contributed by atoms with Crippen molar-refractivity contribution in [1.29, 1.82) is 0 Å². The number of esters is 1. The molecule has 0 aliphatic rings. The molecule has 2 atom stereocenters. The highest BCUT2D eigenvalue weighted by molar-refractivity contribution is 5.69. The summed E-state index contributed by atoms with van der Waals surface area (Å²) in [5.41, 5.74) is 0. The van der Waals surface area contributed by atoms with Crippen molar-refractivity contribution in [2.24, 2.45) is 0 Å². The molecule has 0 fully saturated rings. The van der Waals surface area contributed by atoms with E-state index in [4.69, 9.17) is 9.84 Å². The van der Waals surface area contributed by atoms with E-state index in [9.17, 15) is 4.79 Å². The molecule has 0 spiro atoms. The molecule has 0 saturated carbocycles. The van der Waals surface area contributed by atoms with E-state index in [0.717, 1.165) is 12.8 Å². The molecule has 0 saturated heterocycles. The molecule has 0 aromatic rings. The van der Waals surface area contributed by atoms with Gasteiger partial charge in [0.25, 0.3) is 0 Å². The Balaban J connectivity index is 3.41. The smallest absolute Gasteiger partial charge is 0.306 e. The van der Waals surface area contributed by atoms with Gasteiger partial charge in [0.05, 0.1) is 6.10 Å². The van der Waals surface area contributed by atoms with Gasteiger partial charge in [0.15, 0.2) is 0 Å². The minimum atomic E-state index is -0.589. The molecule has 0 amide bonds. The first-order valence-corrected chi connectivity index (χ1v) is 5.95. The molecule has 3 heteroatoms. The summed E-state index contributed by atoms with van der Waals surface area (Å²) in [6.07, 6.45) is 5.11. The summed E-state index contributed by atoms with van der Waals surface area (Å²) in [6, 6.07) is 0. The number of ether oxygens (including phenoxy) is 1. The lowest BCUT2D eigenvalue weighted by Gasteiger charge is -2.15. The molecule has 0 bridgehead atoms. The van der Waals surface area contributed by atoms with Gasteiger partial charge in [-0.25, -0.2) is 0 Å². The second kappa shape index (κ2) is 8.72. The molecule has 0 aromatic carbocycles. The van der Waals surface area contributed by atoms with Crippen LogP contribution in [0.5, 0.6) is 0 Å². The molecule has 0 rings (SSSR count). The zero-order valence-electron chi connectivity index (χ0n) is 10.2. The first kappa shape index (κ1) is 14.4. The second-order valence-electron chi connectivity index (χ2n) is 4.10. The van der Waals surface area contributed by atoms with Gasteiger partial charge in [0.2, 0.25) is 0 Å². The van der Waals surface area contributed by atoms with E-state index in [1.807, 2.05) is 0 Å². The summed E-state index contributed by atoms with van der Waals surface area (Å²) in [6.45, 7) is 5.50. The number of carbonyl (C=O) groups is 1. The van der Waals surface area contributed by atoms with Crippen molar-refractivity contribution in [2.75, 3.05) is 0 Å². The fraction of sp³-hybridized carbons (Fsp3) is 0.917. The SMILES string of the molecule is CCCCCCCC(=O)OC(C)C(C)O. The van der Waals surface area contributed by atoms with E-state index in [2.05, 4.69) is 6.92 Å². The Hall–Kier alpha value is -0.570. The van der Waals surface area contributed by atoms with E-state index in [-0.39, 0.29) is 5.97 Å². The topological polar surface area (TPSA) is 46.5 Å². The van der Waals surface area contributed by atoms with Crippen LogP contribution in [0.4, 0.5) is 0 Å². The van der Waals surface area contributed by atoms with Crippen LogP contribution < -0.4 is 0 Å². The first-order valence-electron chi connectivity index (χ1n) is 5.95. The van der Waals surface area contributed by atoms with E-state index in [1.54, 1.807) is 13.8 Å². The number of carbonyl (C=O) groups excluding carboxylic acids is 1. The van der Waals surface area contributed by atoms with Gasteiger partial charge < -0.3 is 9.84 Å². The van der Waals surface area contributed by atoms with Crippen molar-refractivity contribution in [2.45, 2.75) is 71.5 Å². The number of unbranched alkanes of at least 4 members (excludes halogenated alkanes) is 4. The maximum Gasteiger partial charge on any atom is 0.306 e. The van der Waals surface area contributed by atoms with Gasteiger partial charge in [0, 0.05) is 6.42 Å². The minimum absolute atomic E-state index is 0.195. The average molecular weight is 216 g/mol. The van der Waals surface area contributed by atoms with Crippen molar-refractivity contribution < 1.29 is 14.6 Å². The minimum Gasteiger partial charge on any atom is -0.460 e. The third-order valence-electron chi connectivity index (χ3n) is 2.48. The highest BCUT2D eigenvalue weighted by Crippen LogP contribution is 2.07. The predicted octanol–water partition coefficient (Wildman–Crippen LogP) is 2.66. The van der Waals surface area contributed by atoms with Crippen LogP contribution in [0, 0.1) is 0 Å². The van der Waals surface area contributed by atoms with Gasteiger partial charge in [-0.2, -0.15) is 0 Å². The number of rotatable bonds is 8. The van der Waals surface area contributed by atoms with Crippen LogP contribution in [-0.2, 0) is 9.53 Å². The van der Waals surface area contributed by atoms with Crippen LogP contribution in [-0.4, -0.2) is 23.3 Å². The molecule has 2 unspecified atom stereocenters. The van der Waals surface area contributed by atoms with Crippen LogP contribution in [0.3, 0.4) is 0 Å². The number of hydrogen-bond donors (Lipinski definition) is 1. The molecule has 15 heavy (non-hydrogen) atoms. The first-order chi connectivity index (χ1) is 7.07. The van der Waals surface area contributed by atoms with Gasteiger partial charge in [-0.15, -0.1) is 0 Å². The third kappa shape index (κ3) is 8.43. The quantitative estimate of drug-likeness (QED) is 0.501. The largest absolute Gasteiger partial charge is 0.460 e. The average Bonchev–Trinajstić information content (AvgIpc) is 2.17. The molecule has 0 aromatic heterocycles. The Morgan fingerprint density at radius 2 is 1.80 bits per heavy atom. The van der Waals surface area contributed by atoms with E-state index < -0.39 is 12.2 Å². The van der Waals surface area contributed by atoms with Crippen LogP contribution in [0.1, 0.15) is 59.3 Å². The lowest BCUT2D eigenvalue weighted by atomic mass is 10.1. The van der Waals surface area contributed by atoms with Crippen LogP contribution >= 0.6 is 0 Å². The molecule has 1 N–H and O–H groups in total. The summed E-state index contributed by atoms with van der Waals surface area (Å²) in [7, 11) is 0. The number of aliphatic hydroxyl groups is 1. The van der Waals surface area contributed by atoms with E-state index in [0.29, 0.717) is 6.42 Å². The van der Waals surface area contributed by atoms with Crippen molar-refractivity contribution >= 4 is 5.97 Å². The van der Waals surface area contributed by atoms with Crippen LogP contribution in [0.2, 0.25) is 0 Å². The van der Waals surface area contributed by atoms with Gasteiger partial charge >= 0.3 is 5.97 Å². The summed E-state index contributed by atoms with van der Waals surface area (Å²) in [5, 5.41) is 9.13. The fourth-order valence-electron chi connectivity index (χ4n) is 1.24. The lowest BCUT2D eigenvalue weighted by molar-refractivity contribution is -0.153. The normalized spacial score (nSPS) is 14.7. The molecule has 0 heterocycles. The molecule has 0 aliphatic carbocycles. The van der Waals surface area contributed by atoms with Gasteiger partial charge in [-0.05, 0) is 20.3 Å². The van der Waals surface area contributed by atoms with Gasteiger partial charge in [-0.3, -0.25) is 4.79 Å². The van der Waals surface area contributed by atoms with E-state index in [1.165, 1.54) is 19.3 Å². The van der Waals surface area contributed by atoms with Crippen molar-refractivity contribution in [3.63, 3.8) is 0 Å². The summed E-state index contributed by atoms with van der Waals surface area (Å²) >= 11 is 0. The van der Waals surface area contributed by atoms with Gasteiger partial charge in [-0.1, -0.05) is 32.6 Å². The van der Waals surface area contributed by atoms with Crippen molar-refractivity contribution in [3.05, 3.63) is 0 Å². The number of aliphatic hydroxyl groups excluding tert-OH is 1. The molecule has 90 valence electrons. The second-order valence-corrected chi connectivity index (χ2v) is 4.10. The molecule has 0 aliphatic heterocycles. The molecule has 0 radical (unpaired) electrons. The van der Waals surface area contributed by atoms with Crippen molar-refractivity contribution in [3.8, 4) is 0 Å². The monoisotopic (exact) mass is 216 g/mol. The standard InChI is InChI=1S/C12H24O3/c1-4-5-6-7-8-9-12(14)15-11(3)10(2)13/h10-11,13H,4-9H2,1-3H3. The summed E-state index contributed by atoms with van der Waals surface area (Å²) in [5.74, 6) is -0.195. The zero-order valence-corrected chi connectivity index (χ0v) is 10.2. The Labute approximate surface area is 92.8 Å². The highest BCUT2D eigenvalue weighted by atomic mass is 16.6. The van der Waals surface area contributed by atoms with Crippen molar-refractivity contribution in [1.82, 2.24) is 0 Å². The highest BCUT2D eigenvalue weighted by Gasteiger charge is 2.13. The van der Waals surface area contributed by atoms with E-state index >= 15 is 0 Å². The summed E-state index contributed by atoms with van der Waals surface area (Å²) in [4.78, 5) is 11.3. The molecule has 3 nitrogen and oxygen atoms in total. The predicted molar refractivity (Wildman–Crippen MR) is 60.6 cm³/mol. The Morgan fingerprint density at radius 3 is 2.33 bits per heavy atom. The van der Waals surface area contributed by atoms with Crippen LogP contribution in [0.15, 0.2) is 0 Å². The molecular weight excluding hydrogens is 192 g/mol. The fourth-order valence-corrected chi connectivity index (χ4v) is 1.24. The number of hydrogen-bond acceptors (Lipinski definition) is 3. The maximum atomic E-state index is 11.3. The maximum absolute atomic E-state index is 11.3. The Morgan fingerprint density at radius 1 is 1.20 bits per heavy atom. The lowest BCUT2D eigenvalue weighted by Crippen LogP contribution is -2.25. The Kier molecular flexibility index (Phi) is 8.38. The summed E-state index contributed by atoms with van der Waals surface area (Å²) < 4.78 is 5.03.